The van der Waals surface area contributed by atoms with Crippen molar-refractivity contribution in [2.24, 2.45) is 0 Å². The van der Waals surface area contributed by atoms with Crippen LogP contribution in [0.25, 0.3) is 0 Å². The van der Waals surface area contributed by atoms with E-state index in [1.54, 1.807) is 0 Å². The van der Waals surface area contributed by atoms with Gasteiger partial charge in [-0.2, -0.15) is 0 Å². The Balaban J connectivity index is 1.34. The molecule has 2 aliphatic rings. The van der Waals surface area contributed by atoms with E-state index in [1.165, 1.54) is 25.9 Å². The van der Waals surface area contributed by atoms with Gasteiger partial charge in [0.2, 0.25) is 11.8 Å². The van der Waals surface area contributed by atoms with Gasteiger partial charge in [-0.05, 0) is 83.1 Å². The summed E-state index contributed by atoms with van der Waals surface area (Å²) in [5, 5.41) is 6.11. The van der Waals surface area contributed by atoms with E-state index in [2.05, 4.69) is 20.4 Å². The number of aryl methyl sites for hydroxylation is 2. The number of para-hydroxylation sites is 1. The number of hydrogen-bond donors (Lipinski definition) is 2. The van der Waals surface area contributed by atoms with Crippen LogP contribution in [0, 0.1) is 13.8 Å². The van der Waals surface area contributed by atoms with E-state index in [4.69, 9.17) is 0 Å². The summed E-state index contributed by atoms with van der Waals surface area (Å²) in [4.78, 5) is 29.5. The number of rotatable bonds is 12. The van der Waals surface area contributed by atoms with Gasteiger partial charge in [0.25, 0.3) is 0 Å². The monoisotopic (exact) mass is 414 g/mol. The average Bonchev–Trinajstić information content (AvgIpc) is 3.43. The third-order valence-corrected chi connectivity index (χ3v) is 6.20. The molecule has 3 rings (SSSR count). The van der Waals surface area contributed by atoms with Crippen molar-refractivity contribution in [3.63, 3.8) is 0 Å². The molecule has 1 aliphatic carbocycles. The molecule has 0 spiro atoms. The van der Waals surface area contributed by atoms with Gasteiger partial charge in [0.15, 0.2) is 0 Å². The van der Waals surface area contributed by atoms with Gasteiger partial charge in [-0.15, -0.1) is 0 Å². The summed E-state index contributed by atoms with van der Waals surface area (Å²) in [7, 11) is 0. The van der Waals surface area contributed by atoms with Crippen molar-refractivity contribution in [3.8, 4) is 0 Å². The molecule has 30 heavy (non-hydrogen) atoms. The van der Waals surface area contributed by atoms with Crippen molar-refractivity contribution >= 4 is 17.5 Å². The standard InChI is InChI=1S/C24H38N4O2/c1-19-8-7-9-20(2)24(19)26-23(30)18-28(21-10-11-21)17-12-22(29)25-13-3-4-14-27-15-5-6-16-27/h7-9,21H,3-6,10-18H2,1-2H3,(H,25,29)(H,26,30). The first-order chi connectivity index (χ1) is 14.5. The predicted octanol–water partition coefficient (Wildman–Crippen LogP) is 3.09. The zero-order valence-corrected chi connectivity index (χ0v) is 18.7. The lowest BCUT2D eigenvalue weighted by molar-refractivity contribution is -0.122. The molecule has 2 fully saturated rings. The van der Waals surface area contributed by atoms with Gasteiger partial charge in [-0.1, -0.05) is 18.2 Å². The molecule has 0 radical (unpaired) electrons. The van der Waals surface area contributed by atoms with E-state index in [0.29, 0.717) is 25.6 Å². The van der Waals surface area contributed by atoms with Crippen LogP contribution in [0.3, 0.4) is 0 Å². The zero-order chi connectivity index (χ0) is 21.3. The van der Waals surface area contributed by atoms with E-state index in [-0.39, 0.29) is 11.8 Å². The van der Waals surface area contributed by atoms with Gasteiger partial charge in [-0.3, -0.25) is 14.5 Å². The number of amides is 2. The van der Waals surface area contributed by atoms with Crippen molar-refractivity contribution in [1.29, 1.82) is 0 Å². The number of anilines is 1. The van der Waals surface area contributed by atoms with Crippen molar-refractivity contribution in [1.82, 2.24) is 15.1 Å². The van der Waals surface area contributed by atoms with Gasteiger partial charge < -0.3 is 15.5 Å². The van der Waals surface area contributed by atoms with Crippen molar-refractivity contribution < 1.29 is 9.59 Å². The molecule has 0 aromatic heterocycles. The molecule has 1 aliphatic heterocycles. The van der Waals surface area contributed by atoms with Crippen molar-refractivity contribution in [3.05, 3.63) is 29.3 Å². The molecule has 6 heteroatoms. The Bertz CT molecular complexity index is 691. The fraction of sp³-hybridized carbons (Fsp3) is 0.667. The molecule has 1 aromatic carbocycles. The number of carbonyl (C=O) groups is 2. The molecule has 0 atom stereocenters. The highest BCUT2D eigenvalue weighted by Crippen LogP contribution is 2.27. The molecule has 0 unspecified atom stereocenters. The number of nitrogens with one attached hydrogen (secondary N) is 2. The predicted molar refractivity (Wildman–Crippen MR) is 122 cm³/mol. The highest BCUT2D eigenvalue weighted by molar-refractivity contribution is 5.93. The van der Waals surface area contributed by atoms with Crippen LogP contribution in [0.5, 0.6) is 0 Å². The van der Waals surface area contributed by atoms with Crippen LogP contribution in [0.2, 0.25) is 0 Å². The number of unbranched alkanes of at least 4 members (excludes halogenated alkanes) is 1. The van der Waals surface area contributed by atoms with E-state index in [0.717, 1.165) is 55.6 Å². The topological polar surface area (TPSA) is 64.7 Å². The molecule has 1 saturated carbocycles. The molecular weight excluding hydrogens is 376 g/mol. The summed E-state index contributed by atoms with van der Waals surface area (Å²) in [5.41, 5.74) is 3.06. The fourth-order valence-corrected chi connectivity index (χ4v) is 4.23. The van der Waals surface area contributed by atoms with E-state index in [1.807, 2.05) is 32.0 Å². The summed E-state index contributed by atoms with van der Waals surface area (Å²) in [6, 6.07) is 6.47. The van der Waals surface area contributed by atoms with Gasteiger partial charge in [0.05, 0.1) is 6.54 Å². The van der Waals surface area contributed by atoms with Crippen LogP contribution in [-0.2, 0) is 9.59 Å². The summed E-state index contributed by atoms with van der Waals surface area (Å²) in [5.74, 6) is 0.0959. The molecule has 0 bridgehead atoms. The van der Waals surface area contributed by atoms with Gasteiger partial charge in [-0.25, -0.2) is 0 Å². The molecular formula is C24H38N4O2. The second kappa shape index (κ2) is 11.5. The quantitative estimate of drug-likeness (QED) is 0.516. The maximum atomic E-state index is 12.6. The first-order valence-electron chi connectivity index (χ1n) is 11.6. The van der Waals surface area contributed by atoms with Crippen molar-refractivity contribution in [2.75, 3.05) is 44.6 Å². The first-order valence-corrected chi connectivity index (χ1v) is 11.6. The molecule has 1 aromatic rings. The van der Waals surface area contributed by atoms with Crippen LogP contribution >= 0.6 is 0 Å². The highest BCUT2D eigenvalue weighted by Gasteiger charge is 2.30. The Morgan fingerprint density at radius 2 is 1.77 bits per heavy atom. The number of hydrogen-bond acceptors (Lipinski definition) is 4. The Morgan fingerprint density at radius 3 is 2.43 bits per heavy atom. The van der Waals surface area contributed by atoms with Crippen LogP contribution in [-0.4, -0.2) is 66.9 Å². The van der Waals surface area contributed by atoms with E-state index in [9.17, 15) is 9.59 Å². The molecule has 1 saturated heterocycles. The van der Waals surface area contributed by atoms with Crippen LogP contribution < -0.4 is 10.6 Å². The zero-order valence-electron chi connectivity index (χ0n) is 18.7. The normalized spacial score (nSPS) is 16.8. The minimum absolute atomic E-state index is 0.00150. The minimum Gasteiger partial charge on any atom is -0.356 e. The fourth-order valence-electron chi connectivity index (χ4n) is 4.23. The molecule has 2 N–H and O–H groups in total. The molecule has 6 nitrogen and oxygen atoms in total. The van der Waals surface area contributed by atoms with Crippen molar-refractivity contribution in [2.45, 2.75) is 64.8 Å². The van der Waals surface area contributed by atoms with Gasteiger partial charge in [0, 0.05) is 31.2 Å². The minimum atomic E-state index is 0.00150. The SMILES string of the molecule is Cc1cccc(C)c1NC(=O)CN(CCC(=O)NCCCCN1CCCC1)C1CC1. The first kappa shape index (κ1) is 22.8. The lowest BCUT2D eigenvalue weighted by atomic mass is 10.1. The number of likely N-dealkylation sites (tertiary alicyclic amines) is 1. The number of carbonyl (C=O) groups excluding carboxylic acids is 2. The molecule has 166 valence electrons. The summed E-state index contributed by atoms with van der Waals surface area (Å²) >= 11 is 0. The smallest absolute Gasteiger partial charge is 0.238 e. The third-order valence-electron chi connectivity index (χ3n) is 6.20. The van der Waals surface area contributed by atoms with Crippen LogP contribution in [0.15, 0.2) is 18.2 Å². The van der Waals surface area contributed by atoms with E-state index < -0.39 is 0 Å². The lowest BCUT2D eigenvalue weighted by Gasteiger charge is -2.22. The maximum Gasteiger partial charge on any atom is 0.238 e. The molecule has 2 amide bonds. The summed E-state index contributed by atoms with van der Waals surface area (Å²) in [6.07, 6.45) is 7.54. The molecule has 1 heterocycles. The number of benzene rings is 1. The second-order valence-electron chi connectivity index (χ2n) is 8.87. The van der Waals surface area contributed by atoms with Crippen LogP contribution in [0.1, 0.15) is 56.1 Å². The Kier molecular flexibility index (Phi) is 8.70. The van der Waals surface area contributed by atoms with Crippen LogP contribution in [0.4, 0.5) is 5.69 Å². The summed E-state index contributed by atoms with van der Waals surface area (Å²) < 4.78 is 0. The lowest BCUT2D eigenvalue weighted by Crippen LogP contribution is -2.38. The Hall–Kier alpha value is -1.92. The van der Waals surface area contributed by atoms with E-state index >= 15 is 0 Å². The largest absolute Gasteiger partial charge is 0.356 e. The number of nitrogens with zero attached hydrogens (tertiary/aromatic N) is 2. The Labute approximate surface area is 181 Å². The maximum absolute atomic E-state index is 12.6. The Morgan fingerprint density at radius 1 is 1.07 bits per heavy atom. The second-order valence-corrected chi connectivity index (χ2v) is 8.87. The van der Waals surface area contributed by atoms with Gasteiger partial charge >= 0.3 is 0 Å². The third kappa shape index (κ3) is 7.40. The average molecular weight is 415 g/mol. The summed E-state index contributed by atoms with van der Waals surface area (Å²) in [6.45, 7) is 9.39. The van der Waals surface area contributed by atoms with Gasteiger partial charge in [0.1, 0.15) is 0 Å². The highest BCUT2D eigenvalue weighted by atomic mass is 16.2.